The fourth-order valence-corrected chi connectivity index (χ4v) is 16.0. The fraction of sp³-hybridized carbons (Fsp3) is 0.400. The first kappa shape index (κ1) is 64.8. The van der Waals surface area contributed by atoms with Crippen molar-refractivity contribution in [1.29, 1.82) is 0 Å². The Morgan fingerprint density at radius 2 is 1.46 bits per heavy atom. The maximum Gasteiger partial charge on any atom is 0.333 e. The summed E-state index contributed by atoms with van der Waals surface area (Å²) < 4.78 is 168. The SMILES string of the molecule is C=C(/C=C/C1=C(SCCS(=O)(=O)O)C(=C/C=C2/N(CCCS(=O)(=O)O)c3ccc4c(S(=O)(=O)N(C)CCCC(=O)ON5C(=O)CCC5=O)cccc4c3C2(C)C)/CCC1)C(C)(C)c1c(NCC)ccc2c(S(=O)(=O)O)cc(S(=O)(=O)O)cc12. The van der Waals surface area contributed by atoms with Crippen LogP contribution >= 0.6 is 11.8 Å². The summed E-state index contributed by atoms with van der Waals surface area (Å²) in [6, 6.07) is 13.0. The summed E-state index contributed by atoms with van der Waals surface area (Å²) in [5, 5.41) is 4.65. The minimum absolute atomic E-state index is 0.000366. The van der Waals surface area contributed by atoms with E-state index in [2.05, 4.69) is 11.9 Å². The summed E-state index contributed by atoms with van der Waals surface area (Å²) in [6.07, 6.45) is 8.44. The number of nitrogens with one attached hydrogen (secondary N) is 1. The van der Waals surface area contributed by atoms with Gasteiger partial charge in [-0.25, -0.2) is 17.5 Å². The molecule has 0 atom stereocenters. The van der Waals surface area contributed by atoms with Gasteiger partial charge in [0.25, 0.3) is 52.3 Å². The number of allylic oxidation sites excluding steroid dienone is 8. The van der Waals surface area contributed by atoms with Crippen molar-refractivity contribution in [2.75, 3.05) is 54.2 Å². The topological polar surface area (TPSA) is 334 Å². The number of nitrogens with zero attached hydrogens (tertiary/aromatic N) is 3. The second-order valence-corrected chi connectivity index (χ2v) is 30.3. The zero-order valence-electron chi connectivity index (χ0n) is 46.4. The second-order valence-electron chi connectivity index (χ2n) is 21.3. The van der Waals surface area contributed by atoms with Crippen LogP contribution in [0.5, 0.6) is 0 Å². The molecule has 0 bridgehead atoms. The molecule has 450 valence electrons. The van der Waals surface area contributed by atoms with Crippen LogP contribution in [0.3, 0.4) is 0 Å². The van der Waals surface area contributed by atoms with E-state index in [0.29, 0.717) is 86.4 Å². The summed E-state index contributed by atoms with van der Waals surface area (Å²) in [5.41, 5.74) is 2.78. The first-order valence-corrected chi connectivity index (χ1v) is 34.7. The molecular formula is C55H66N4O18S6. The third kappa shape index (κ3) is 14.5. The summed E-state index contributed by atoms with van der Waals surface area (Å²) in [5.74, 6) is -3.36. The van der Waals surface area contributed by atoms with Crippen molar-refractivity contribution in [3.8, 4) is 0 Å². The number of imide groups is 1. The van der Waals surface area contributed by atoms with Crippen molar-refractivity contribution < 1.29 is 79.5 Å². The minimum Gasteiger partial charge on any atom is -0.385 e. The molecule has 0 spiro atoms. The van der Waals surface area contributed by atoms with E-state index in [1.54, 1.807) is 50.3 Å². The molecular weight excluding hydrogens is 1200 g/mol. The largest absolute Gasteiger partial charge is 0.385 e. The molecule has 2 amide bonds. The number of hydrogen-bond donors (Lipinski definition) is 5. The molecule has 83 heavy (non-hydrogen) atoms. The third-order valence-electron chi connectivity index (χ3n) is 14.8. The van der Waals surface area contributed by atoms with Crippen LogP contribution in [-0.2, 0) is 80.5 Å². The van der Waals surface area contributed by atoms with Crippen LogP contribution in [0.15, 0.2) is 127 Å². The average Bonchev–Trinajstić information content (AvgIpc) is 3.79. The summed E-state index contributed by atoms with van der Waals surface area (Å²) >= 11 is 1.20. The molecule has 4 aromatic rings. The quantitative estimate of drug-likeness (QED) is 0.0250. The van der Waals surface area contributed by atoms with Gasteiger partial charge in [0.2, 0.25) is 10.0 Å². The molecule has 28 heteroatoms. The van der Waals surface area contributed by atoms with E-state index in [9.17, 15) is 74.7 Å². The van der Waals surface area contributed by atoms with E-state index in [-0.39, 0.29) is 66.6 Å². The highest BCUT2D eigenvalue weighted by Gasteiger charge is 2.42. The maximum atomic E-state index is 14.3. The van der Waals surface area contributed by atoms with Crippen molar-refractivity contribution >= 4 is 113 Å². The predicted molar refractivity (Wildman–Crippen MR) is 317 cm³/mol. The Labute approximate surface area is 488 Å². The molecule has 5 N–H and O–H groups in total. The summed E-state index contributed by atoms with van der Waals surface area (Å²) in [4.78, 5) is 42.3. The van der Waals surface area contributed by atoms with Crippen molar-refractivity contribution in [1.82, 2.24) is 9.37 Å². The molecule has 2 heterocycles. The molecule has 1 fully saturated rings. The number of amides is 2. The highest BCUT2D eigenvalue weighted by molar-refractivity contribution is 8.04. The van der Waals surface area contributed by atoms with Crippen LogP contribution in [0.4, 0.5) is 11.4 Å². The molecule has 0 saturated carbocycles. The van der Waals surface area contributed by atoms with Gasteiger partial charge in [0.05, 0.1) is 21.3 Å². The van der Waals surface area contributed by atoms with Crippen LogP contribution in [0.1, 0.15) is 97.1 Å². The molecule has 22 nitrogen and oxygen atoms in total. The Hall–Kier alpha value is -5.79. The number of thioether (sulfide) groups is 1. The fourth-order valence-electron chi connectivity index (χ4n) is 10.7. The standard InChI is InChI=1S/C55H66N4O18S6/c1-8-56-43-23-21-40-42(33-38(82(71,72)73)34-46(40)83(74,75)76)51(43)54(3,4)35(2)18-19-36-13-9-14-37(53(36)78-30-32-80(66,67)68)20-25-47-55(5,6)52-41-15-10-16-45(39(41)22-24-44(52)58(47)29-12-31-79(63,64)65)81(69,70)57(7)28-11-17-50(62)77-59-48(60)26-27-49(59)61/h10,15-16,18-25,33-34,56H,2,8-9,11-14,17,26-32H2,1,3-7H3,(H,63,64,65)(H,66,67,68)(H,71,72,73)(H,74,75,76)/b19-18+,37-20+,47-25+. The number of sulfonamides is 1. The van der Waals surface area contributed by atoms with Gasteiger partial charge in [-0.05, 0) is 114 Å². The van der Waals surface area contributed by atoms with Gasteiger partial charge in [0.15, 0.2) is 0 Å². The summed E-state index contributed by atoms with van der Waals surface area (Å²) in [7, 11) is -21.7. The summed E-state index contributed by atoms with van der Waals surface area (Å²) in [6.45, 7) is 14.0. The van der Waals surface area contributed by atoms with Crippen molar-refractivity contribution in [3.05, 3.63) is 124 Å². The molecule has 4 aromatic carbocycles. The second kappa shape index (κ2) is 24.7. The Kier molecular flexibility index (Phi) is 19.2. The van der Waals surface area contributed by atoms with E-state index in [0.717, 1.165) is 21.5 Å². The maximum absolute atomic E-state index is 14.3. The van der Waals surface area contributed by atoms with Crippen LogP contribution in [-0.4, -0.2) is 131 Å². The lowest BCUT2D eigenvalue weighted by Crippen LogP contribution is -2.32. The lowest BCUT2D eigenvalue weighted by Gasteiger charge is -2.31. The molecule has 2 aliphatic heterocycles. The Morgan fingerprint density at radius 3 is 2.08 bits per heavy atom. The predicted octanol–water partition coefficient (Wildman–Crippen LogP) is 8.26. The number of hydrogen-bond acceptors (Lipinski definition) is 17. The van der Waals surface area contributed by atoms with E-state index >= 15 is 0 Å². The van der Waals surface area contributed by atoms with Gasteiger partial charge in [-0.1, -0.05) is 76.8 Å². The van der Waals surface area contributed by atoms with Crippen LogP contribution in [0.25, 0.3) is 21.5 Å². The first-order valence-electron chi connectivity index (χ1n) is 26.2. The minimum atomic E-state index is -5.03. The van der Waals surface area contributed by atoms with Gasteiger partial charge in [-0.2, -0.15) is 33.7 Å². The van der Waals surface area contributed by atoms with Gasteiger partial charge in [0, 0.05) is 95.3 Å². The molecule has 0 radical (unpaired) electrons. The van der Waals surface area contributed by atoms with Crippen LogP contribution < -0.4 is 10.2 Å². The lowest BCUT2D eigenvalue weighted by molar-refractivity contribution is -0.197. The first-order chi connectivity index (χ1) is 38.5. The monoisotopic (exact) mass is 1260 g/mol. The Bertz CT molecular complexity index is 4040. The zero-order valence-corrected chi connectivity index (χ0v) is 51.3. The normalized spacial score (nSPS) is 17.5. The van der Waals surface area contributed by atoms with Crippen molar-refractivity contribution in [2.24, 2.45) is 0 Å². The number of carbonyl (C=O) groups is 3. The number of fused-ring (bicyclic) bond motifs is 4. The smallest absolute Gasteiger partial charge is 0.333 e. The van der Waals surface area contributed by atoms with E-state index in [1.165, 1.54) is 30.9 Å². The molecule has 1 aliphatic carbocycles. The van der Waals surface area contributed by atoms with Crippen LogP contribution in [0.2, 0.25) is 0 Å². The van der Waals surface area contributed by atoms with E-state index < -0.39 is 100 Å². The number of hydroxylamine groups is 2. The molecule has 3 aliphatic rings. The van der Waals surface area contributed by atoms with E-state index in [1.807, 2.05) is 43.9 Å². The molecule has 1 saturated heterocycles. The average molecular weight is 1260 g/mol. The highest BCUT2D eigenvalue weighted by atomic mass is 32.2. The van der Waals surface area contributed by atoms with Crippen molar-refractivity contribution in [2.45, 2.75) is 112 Å². The Balaban J connectivity index is 1.28. The van der Waals surface area contributed by atoms with Crippen molar-refractivity contribution in [3.63, 3.8) is 0 Å². The lowest BCUT2D eigenvalue weighted by atomic mass is 9.75. The van der Waals surface area contributed by atoms with Gasteiger partial charge in [-0.15, -0.1) is 16.8 Å². The van der Waals surface area contributed by atoms with Gasteiger partial charge >= 0.3 is 5.97 Å². The van der Waals surface area contributed by atoms with E-state index in [4.69, 9.17) is 4.84 Å². The Morgan fingerprint density at radius 1 is 0.807 bits per heavy atom. The van der Waals surface area contributed by atoms with Gasteiger partial charge < -0.3 is 15.1 Å². The highest BCUT2D eigenvalue weighted by Crippen LogP contribution is 2.52. The number of rotatable bonds is 24. The van der Waals surface area contributed by atoms with Crippen LogP contribution in [0, 0.1) is 0 Å². The molecule has 0 unspecified atom stereocenters. The number of anilines is 2. The number of benzene rings is 4. The third-order valence-corrected chi connectivity index (χ3v) is 21.4. The molecule has 7 rings (SSSR count). The zero-order chi connectivity index (χ0) is 61.4. The van der Waals surface area contributed by atoms with Gasteiger partial charge in [-0.3, -0.25) is 27.8 Å². The number of carbonyl (C=O) groups excluding carboxylic acids is 3. The molecule has 0 aromatic heterocycles. The van der Waals surface area contributed by atoms with Gasteiger partial charge in [0.1, 0.15) is 4.90 Å².